The van der Waals surface area contributed by atoms with Gasteiger partial charge in [0.25, 0.3) is 0 Å². The molecule has 6 heteroatoms. The SMILES string of the molecule is Cc1csc(=O)n1CCCC(=O)NCC(c1ccccc1)N1CCCC1. The highest BCUT2D eigenvalue weighted by atomic mass is 32.1. The molecule has 140 valence electrons. The molecule has 1 N–H and O–H groups in total. The first-order valence-electron chi connectivity index (χ1n) is 9.36. The van der Waals surface area contributed by atoms with Crippen molar-refractivity contribution in [3.8, 4) is 0 Å². The number of rotatable bonds is 8. The topological polar surface area (TPSA) is 54.3 Å². The van der Waals surface area contributed by atoms with E-state index in [0.29, 0.717) is 25.9 Å². The Morgan fingerprint density at radius 3 is 2.62 bits per heavy atom. The maximum atomic E-state index is 12.3. The van der Waals surface area contributed by atoms with E-state index in [1.54, 1.807) is 4.57 Å². The Bertz CT molecular complexity index is 763. The smallest absolute Gasteiger partial charge is 0.307 e. The van der Waals surface area contributed by atoms with Crippen LogP contribution in [0.5, 0.6) is 0 Å². The van der Waals surface area contributed by atoms with Crippen LogP contribution in [-0.2, 0) is 11.3 Å². The van der Waals surface area contributed by atoms with Gasteiger partial charge in [-0.15, -0.1) is 0 Å². The van der Waals surface area contributed by atoms with Crippen molar-refractivity contribution in [3.63, 3.8) is 0 Å². The molecular formula is C20H27N3O2S. The van der Waals surface area contributed by atoms with Crippen LogP contribution in [0.1, 0.15) is 43.0 Å². The van der Waals surface area contributed by atoms with Crippen LogP contribution in [-0.4, -0.2) is 35.0 Å². The second kappa shape index (κ2) is 9.14. The molecule has 1 amide bonds. The van der Waals surface area contributed by atoms with Gasteiger partial charge < -0.3 is 9.88 Å². The van der Waals surface area contributed by atoms with Crippen LogP contribution in [0.15, 0.2) is 40.5 Å². The summed E-state index contributed by atoms with van der Waals surface area (Å²) >= 11 is 1.22. The molecule has 1 atom stereocenters. The average molecular weight is 374 g/mol. The van der Waals surface area contributed by atoms with Crippen molar-refractivity contribution in [2.24, 2.45) is 0 Å². The van der Waals surface area contributed by atoms with Crippen LogP contribution >= 0.6 is 11.3 Å². The second-order valence-electron chi connectivity index (χ2n) is 6.87. The van der Waals surface area contributed by atoms with E-state index < -0.39 is 0 Å². The number of likely N-dealkylation sites (tertiary alicyclic amines) is 1. The molecule has 1 aliphatic rings. The summed E-state index contributed by atoms with van der Waals surface area (Å²) < 4.78 is 1.74. The maximum absolute atomic E-state index is 12.3. The van der Waals surface area contributed by atoms with Gasteiger partial charge in [-0.2, -0.15) is 0 Å². The molecule has 26 heavy (non-hydrogen) atoms. The van der Waals surface area contributed by atoms with Gasteiger partial charge >= 0.3 is 4.87 Å². The van der Waals surface area contributed by atoms with Gasteiger partial charge in [0.15, 0.2) is 0 Å². The molecule has 1 aromatic carbocycles. The minimum absolute atomic E-state index is 0.0566. The van der Waals surface area contributed by atoms with Crippen molar-refractivity contribution in [1.82, 2.24) is 14.8 Å². The normalized spacial score (nSPS) is 15.9. The second-order valence-corrected chi connectivity index (χ2v) is 7.69. The van der Waals surface area contributed by atoms with E-state index in [-0.39, 0.29) is 16.8 Å². The first kappa shape index (κ1) is 18.9. The third kappa shape index (κ3) is 4.83. The summed E-state index contributed by atoms with van der Waals surface area (Å²) in [5.41, 5.74) is 2.23. The van der Waals surface area contributed by atoms with E-state index in [0.717, 1.165) is 18.8 Å². The van der Waals surface area contributed by atoms with Gasteiger partial charge in [-0.25, -0.2) is 0 Å². The predicted octanol–water partition coefficient (Wildman–Crippen LogP) is 2.95. The van der Waals surface area contributed by atoms with Crippen molar-refractivity contribution in [2.45, 2.75) is 45.2 Å². The van der Waals surface area contributed by atoms with Crippen molar-refractivity contribution in [2.75, 3.05) is 19.6 Å². The molecule has 0 aliphatic carbocycles. The Hall–Kier alpha value is -1.92. The van der Waals surface area contributed by atoms with Crippen molar-refractivity contribution in [3.05, 3.63) is 56.6 Å². The molecule has 3 rings (SSSR count). The number of carbonyl (C=O) groups is 1. The largest absolute Gasteiger partial charge is 0.354 e. The van der Waals surface area contributed by atoms with Gasteiger partial charge in [0, 0.05) is 30.6 Å². The Kier molecular flexibility index (Phi) is 6.63. The summed E-state index contributed by atoms with van der Waals surface area (Å²) in [6.07, 6.45) is 3.59. The number of amides is 1. The minimum Gasteiger partial charge on any atom is -0.354 e. The monoisotopic (exact) mass is 373 g/mol. The first-order valence-corrected chi connectivity index (χ1v) is 10.2. The summed E-state index contributed by atoms with van der Waals surface area (Å²) in [5.74, 6) is 0.0612. The highest BCUT2D eigenvalue weighted by molar-refractivity contribution is 7.07. The van der Waals surface area contributed by atoms with Gasteiger partial charge in [0.05, 0.1) is 6.04 Å². The summed E-state index contributed by atoms with van der Waals surface area (Å²) in [4.78, 5) is 26.5. The number of thiazole rings is 1. The van der Waals surface area contributed by atoms with Gasteiger partial charge in [0.1, 0.15) is 0 Å². The van der Waals surface area contributed by atoms with E-state index >= 15 is 0 Å². The molecular weight excluding hydrogens is 346 g/mol. The molecule has 0 saturated carbocycles. The highest BCUT2D eigenvalue weighted by Gasteiger charge is 2.23. The lowest BCUT2D eigenvalue weighted by molar-refractivity contribution is -0.121. The molecule has 5 nitrogen and oxygen atoms in total. The lowest BCUT2D eigenvalue weighted by Crippen LogP contribution is -2.36. The van der Waals surface area contributed by atoms with E-state index in [2.05, 4.69) is 34.5 Å². The van der Waals surface area contributed by atoms with Gasteiger partial charge in [-0.1, -0.05) is 41.7 Å². The Balaban J connectivity index is 1.50. The number of hydrogen-bond acceptors (Lipinski definition) is 4. The zero-order valence-corrected chi connectivity index (χ0v) is 16.1. The number of aromatic nitrogens is 1. The molecule has 1 saturated heterocycles. The molecule has 2 heterocycles. The molecule has 0 spiro atoms. The van der Waals surface area contributed by atoms with Crippen LogP contribution in [0.3, 0.4) is 0 Å². The van der Waals surface area contributed by atoms with Crippen LogP contribution in [0.2, 0.25) is 0 Å². The van der Waals surface area contributed by atoms with Crippen LogP contribution < -0.4 is 10.2 Å². The molecule has 0 radical (unpaired) electrons. The number of hydrogen-bond donors (Lipinski definition) is 1. The number of nitrogens with zero attached hydrogens (tertiary/aromatic N) is 2. The summed E-state index contributed by atoms with van der Waals surface area (Å²) in [5, 5.41) is 4.97. The average Bonchev–Trinajstić information content (AvgIpc) is 3.28. The molecule has 1 unspecified atom stereocenters. The maximum Gasteiger partial charge on any atom is 0.307 e. The Morgan fingerprint density at radius 1 is 1.23 bits per heavy atom. The fourth-order valence-electron chi connectivity index (χ4n) is 3.56. The molecule has 2 aromatic rings. The number of benzene rings is 1. The fourth-order valence-corrected chi connectivity index (χ4v) is 4.32. The number of carbonyl (C=O) groups excluding carboxylic acids is 1. The first-order chi connectivity index (χ1) is 12.6. The van der Waals surface area contributed by atoms with Crippen LogP contribution in [0.4, 0.5) is 0 Å². The quantitative estimate of drug-likeness (QED) is 0.774. The predicted molar refractivity (Wildman–Crippen MR) is 106 cm³/mol. The Labute approximate surface area is 158 Å². The minimum atomic E-state index is 0.0566. The van der Waals surface area contributed by atoms with E-state index in [1.165, 1.54) is 29.7 Å². The van der Waals surface area contributed by atoms with E-state index in [1.807, 2.05) is 18.4 Å². The Morgan fingerprint density at radius 2 is 1.96 bits per heavy atom. The molecule has 1 aliphatic heterocycles. The van der Waals surface area contributed by atoms with E-state index in [4.69, 9.17) is 0 Å². The third-order valence-corrected chi connectivity index (χ3v) is 5.90. The van der Waals surface area contributed by atoms with Crippen LogP contribution in [0.25, 0.3) is 0 Å². The van der Waals surface area contributed by atoms with Gasteiger partial charge in [0.2, 0.25) is 5.91 Å². The number of nitrogens with one attached hydrogen (secondary N) is 1. The summed E-state index contributed by atoms with van der Waals surface area (Å²) in [6, 6.07) is 10.7. The molecule has 1 aromatic heterocycles. The van der Waals surface area contributed by atoms with E-state index in [9.17, 15) is 9.59 Å². The lowest BCUT2D eigenvalue weighted by Gasteiger charge is -2.28. The number of aryl methyl sites for hydroxylation is 1. The van der Waals surface area contributed by atoms with Crippen molar-refractivity contribution < 1.29 is 4.79 Å². The zero-order valence-electron chi connectivity index (χ0n) is 15.3. The van der Waals surface area contributed by atoms with Crippen molar-refractivity contribution in [1.29, 1.82) is 0 Å². The fraction of sp³-hybridized carbons (Fsp3) is 0.500. The summed E-state index contributed by atoms with van der Waals surface area (Å²) in [7, 11) is 0. The molecule has 0 bridgehead atoms. The van der Waals surface area contributed by atoms with Crippen molar-refractivity contribution >= 4 is 17.2 Å². The van der Waals surface area contributed by atoms with Crippen LogP contribution in [0, 0.1) is 6.92 Å². The van der Waals surface area contributed by atoms with Gasteiger partial charge in [-0.3, -0.25) is 14.5 Å². The zero-order chi connectivity index (χ0) is 18.4. The standard InChI is InChI=1S/C20H27N3O2S/c1-16-15-26-20(25)23(16)13-7-10-19(24)21-14-18(22-11-5-6-12-22)17-8-3-2-4-9-17/h2-4,8-9,15,18H,5-7,10-14H2,1H3,(H,21,24). The third-order valence-electron chi connectivity index (χ3n) is 5.02. The lowest BCUT2D eigenvalue weighted by atomic mass is 10.1. The van der Waals surface area contributed by atoms with Gasteiger partial charge in [-0.05, 0) is 44.8 Å². The molecule has 1 fully saturated rings. The highest BCUT2D eigenvalue weighted by Crippen LogP contribution is 2.24. The summed E-state index contributed by atoms with van der Waals surface area (Å²) in [6.45, 7) is 5.36.